The van der Waals surface area contributed by atoms with Gasteiger partial charge in [0.15, 0.2) is 5.12 Å². The number of thioether (sulfide) groups is 1. The topological polar surface area (TPSA) is 30.0 Å². The third-order valence-electron chi connectivity index (χ3n) is 1.28. The Labute approximate surface area is 86.1 Å². The Balaban J connectivity index is 2.36. The lowest BCUT2D eigenvalue weighted by atomic mass is 10.5. The molecule has 1 rings (SSSR count). The highest BCUT2D eigenvalue weighted by atomic mass is 32.2. The van der Waals surface area contributed by atoms with E-state index in [1.54, 1.807) is 18.3 Å². The summed E-state index contributed by atoms with van der Waals surface area (Å²) in [5, 5.41) is 1.15. The molecule has 70 valence electrons. The van der Waals surface area contributed by atoms with E-state index in [-0.39, 0.29) is 5.12 Å². The Morgan fingerprint density at radius 2 is 2.54 bits per heavy atom. The van der Waals surface area contributed by atoms with Crippen LogP contribution < -0.4 is 0 Å². The Bertz CT molecular complexity index is 317. The highest BCUT2D eigenvalue weighted by Crippen LogP contribution is 2.13. The van der Waals surface area contributed by atoms with E-state index in [2.05, 4.69) is 4.98 Å². The minimum atomic E-state index is 0.153. The van der Waals surface area contributed by atoms with Crippen molar-refractivity contribution in [3.8, 4) is 0 Å². The van der Waals surface area contributed by atoms with E-state index in [1.807, 2.05) is 25.3 Å². The van der Waals surface area contributed by atoms with E-state index in [4.69, 9.17) is 0 Å². The average Bonchev–Trinajstić information content (AvgIpc) is 2.45. The second kappa shape index (κ2) is 5.19. The Hall–Kier alpha value is -0.610. The first-order valence-corrected chi connectivity index (χ1v) is 5.71. The van der Waals surface area contributed by atoms with Crippen molar-refractivity contribution in [1.82, 2.24) is 4.98 Å². The molecule has 0 spiro atoms. The quantitative estimate of drug-likeness (QED) is 0.773. The zero-order valence-electron chi connectivity index (χ0n) is 7.61. The monoisotopic (exact) mass is 213 g/mol. The Morgan fingerprint density at radius 1 is 1.77 bits per heavy atom. The number of carbonyl (C=O) groups excluding carboxylic acids is 1. The van der Waals surface area contributed by atoms with Gasteiger partial charge in [-0.25, -0.2) is 4.98 Å². The Morgan fingerprint density at radius 3 is 3.08 bits per heavy atom. The molecule has 0 amide bonds. The van der Waals surface area contributed by atoms with Crippen LogP contribution in [-0.4, -0.2) is 15.9 Å². The maximum absolute atomic E-state index is 10.6. The van der Waals surface area contributed by atoms with Crippen LogP contribution in [0.25, 0.3) is 6.08 Å². The number of thiazole rings is 1. The molecule has 0 radical (unpaired) electrons. The predicted molar refractivity (Wildman–Crippen MR) is 59.0 cm³/mol. The van der Waals surface area contributed by atoms with Crippen molar-refractivity contribution in [2.45, 2.75) is 13.8 Å². The minimum absolute atomic E-state index is 0.153. The zero-order valence-corrected chi connectivity index (χ0v) is 9.24. The van der Waals surface area contributed by atoms with Gasteiger partial charge in [0, 0.05) is 23.8 Å². The van der Waals surface area contributed by atoms with Crippen molar-refractivity contribution < 1.29 is 4.79 Å². The molecular formula is C9H11NOS2. The zero-order chi connectivity index (χ0) is 9.68. The second-order valence-electron chi connectivity index (χ2n) is 2.51. The van der Waals surface area contributed by atoms with Crippen LogP contribution in [0.2, 0.25) is 0 Å². The molecule has 0 aliphatic carbocycles. The van der Waals surface area contributed by atoms with Crippen LogP contribution in [0.15, 0.2) is 12.3 Å². The maximum Gasteiger partial charge on any atom is 0.186 e. The number of hydrogen-bond donors (Lipinski definition) is 0. The van der Waals surface area contributed by atoms with Gasteiger partial charge in [0.25, 0.3) is 0 Å². The lowest BCUT2D eigenvalue weighted by Crippen LogP contribution is -1.81. The fraction of sp³-hybridized carbons (Fsp3) is 0.333. The molecule has 0 saturated carbocycles. The summed E-state index contributed by atoms with van der Waals surface area (Å²) in [6.07, 6.45) is 5.76. The van der Waals surface area contributed by atoms with Gasteiger partial charge < -0.3 is 0 Å². The number of carbonyl (C=O) groups is 1. The van der Waals surface area contributed by atoms with Gasteiger partial charge in [-0.15, -0.1) is 11.3 Å². The van der Waals surface area contributed by atoms with Crippen molar-refractivity contribution in [2.75, 3.05) is 5.75 Å². The average molecular weight is 213 g/mol. The number of nitrogens with zero attached hydrogens (tertiary/aromatic N) is 1. The molecule has 0 aliphatic rings. The molecule has 13 heavy (non-hydrogen) atoms. The first kappa shape index (κ1) is 10.5. The number of hydrogen-bond acceptors (Lipinski definition) is 4. The highest BCUT2D eigenvalue weighted by Gasteiger charge is 1.93. The molecular weight excluding hydrogens is 202 g/mol. The molecule has 2 nitrogen and oxygen atoms in total. The first-order valence-electron chi connectivity index (χ1n) is 3.91. The predicted octanol–water partition coefficient (Wildman–Crippen LogP) is 2.74. The van der Waals surface area contributed by atoms with Crippen LogP contribution >= 0.6 is 23.1 Å². The standard InChI is InChI=1S/C9H11NOS2/c1-7-6-10-9(13-7)4-3-5-12-8(2)11/h3-4,6H,5H2,1-2H3. The third-order valence-corrected chi connectivity index (χ3v) is 2.93. The normalized spacial score (nSPS) is 10.9. The van der Waals surface area contributed by atoms with E-state index in [0.29, 0.717) is 0 Å². The van der Waals surface area contributed by atoms with E-state index in [0.717, 1.165) is 10.8 Å². The van der Waals surface area contributed by atoms with Gasteiger partial charge in [0.05, 0.1) is 0 Å². The number of aryl methyl sites for hydroxylation is 1. The van der Waals surface area contributed by atoms with Crippen molar-refractivity contribution in [3.63, 3.8) is 0 Å². The van der Waals surface area contributed by atoms with Gasteiger partial charge in [0.2, 0.25) is 0 Å². The van der Waals surface area contributed by atoms with Gasteiger partial charge in [-0.3, -0.25) is 4.79 Å². The van der Waals surface area contributed by atoms with Crippen LogP contribution in [0.3, 0.4) is 0 Å². The second-order valence-corrected chi connectivity index (χ2v) is 4.98. The highest BCUT2D eigenvalue weighted by molar-refractivity contribution is 8.13. The molecule has 0 aliphatic heterocycles. The fourth-order valence-electron chi connectivity index (χ4n) is 0.764. The molecule has 0 fully saturated rings. The molecule has 0 bridgehead atoms. The SMILES string of the molecule is CC(=O)SCC=Cc1ncc(C)s1. The van der Waals surface area contributed by atoms with Crippen LogP contribution in [-0.2, 0) is 4.79 Å². The van der Waals surface area contributed by atoms with Crippen LogP contribution in [0.5, 0.6) is 0 Å². The molecule has 0 N–H and O–H groups in total. The molecule has 0 atom stereocenters. The lowest BCUT2D eigenvalue weighted by molar-refractivity contribution is -0.109. The summed E-state index contributed by atoms with van der Waals surface area (Å²) in [4.78, 5) is 16.0. The summed E-state index contributed by atoms with van der Waals surface area (Å²) < 4.78 is 0. The van der Waals surface area contributed by atoms with Gasteiger partial charge in [0.1, 0.15) is 5.01 Å². The summed E-state index contributed by atoms with van der Waals surface area (Å²) in [5.74, 6) is 0.730. The van der Waals surface area contributed by atoms with Crippen molar-refractivity contribution >= 4 is 34.3 Å². The largest absolute Gasteiger partial charge is 0.288 e. The molecule has 1 heterocycles. The van der Waals surface area contributed by atoms with E-state index in [1.165, 1.54) is 16.6 Å². The van der Waals surface area contributed by atoms with Gasteiger partial charge in [-0.2, -0.15) is 0 Å². The minimum Gasteiger partial charge on any atom is -0.288 e. The molecule has 4 heteroatoms. The van der Waals surface area contributed by atoms with Crippen LogP contribution in [0.1, 0.15) is 16.8 Å². The van der Waals surface area contributed by atoms with Crippen LogP contribution in [0, 0.1) is 6.92 Å². The van der Waals surface area contributed by atoms with Crippen molar-refractivity contribution in [2.24, 2.45) is 0 Å². The van der Waals surface area contributed by atoms with E-state index >= 15 is 0 Å². The fourth-order valence-corrected chi connectivity index (χ4v) is 1.90. The third kappa shape index (κ3) is 4.24. The first-order chi connectivity index (χ1) is 6.18. The van der Waals surface area contributed by atoms with Crippen molar-refractivity contribution in [3.05, 3.63) is 22.2 Å². The van der Waals surface area contributed by atoms with Crippen molar-refractivity contribution in [1.29, 1.82) is 0 Å². The molecule has 0 saturated heterocycles. The number of aromatic nitrogens is 1. The molecule has 1 aromatic heterocycles. The van der Waals surface area contributed by atoms with E-state index in [9.17, 15) is 4.79 Å². The summed E-state index contributed by atoms with van der Waals surface area (Å²) in [7, 11) is 0. The summed E-state index contributed by atoms with van der Waals surface area (Å²) in [6, 6.07) is 0. The van der Waals surface area contributed by atoms with E-state index < -0.39 is 0 Å². The lowest BCUT2D eigenvalue weighted by Gasteiger charge is -1.86. The van der Waals surface area contributed by atoms with Crippen LogP contribution in [0.4, 0.5) is 0 Å². The van der Waals surface area contributed by atoms with Gasteiger partial charge in [-0.1, -0.05) is 17.8 Å². The number of rotatable bonds is 3. The molecule has 0 aromatic carbocycles. The molecule has 0 unspecified atom stereocenters. The summed E-state index contributed by atoms with van der Waals surface area (Å²) in [6.45, 7) is 3.60. The summed E-state index contributed by atoms with van der Waals surface area (Å²) >= 11 is 2.96. The molecule has 1 aromatic rings. The maximum atomic E-state index is 10.6. The van der Waals surface area contributed by atoms with Gasteiger partial charge in [-0.05, 0) is 13.0 Å². The smallest absolute Gasteiger partial charge is 0.186 e. The van der Waals surface area contributed by atoms with Gasteiger partial charge >= 0.3 is 0 Å². The Kier molecular flexibility index (Phi) is 4.18. The summed E-state index contributed by atoms with van der Waals surface area (Å²) in [5.41, 5.74) is 0.